The molecule has 0 aliphatic carbocycles. The molecule has 0 aliphatic rings. The average molecular weight is 335 g/mol. The van der Waals surface area contributed by atoms with Crippen molar-refractivity contribution < 1.29 is 28.6 Å². The van der Waals surface area contributed by atoms with Crippen molar-refractivity contribution in [2.75, 3.05) is 13.2 Å². The number of aromatic nitrogens is 1. The van der Waals surface area contributed by atoms with E-state index in [2.05, 4.69) is 0 Å². The second-order valence-corrected chi connectivity index (χ2v) is 4.93. The summed E-state index contributed by atoms with van der Waals surface area (Å²) in [6, 6.07) is 5.33. The van der Waals surface area contributed by atoms with Crippen molar-refractivity contribution in [1.29, 1.82) is 0 Å². The second-order valence-electron chi connectivity index (χ2n) is 4.93. The first-order valence-electron chi connectivity index (χ1n) is 7.44. The number of hydrogen-bond acceptors (Lipinski definition) is 5. The molecule has 1 aromatic carbocycles. The lowest BCUT2D eigenvalue weighted by Gasteiger charge is -2.08. The Kier molecular flexibility index (Phi) is 5.23. The molecule has 128 valence electrons. The molecule has 0 saturated carbocycles. The molecule has 0 spiro atoms. The van der Waals surface area contributed by atoms with Gasteiger partial charge in [-0.05, 0) is 43.7 Å². The molecule has 7 heteroatoms. The highest BCUT2D eigenvalue weighted by Gasteiger charge is 2.31. The topological polar surface area (TPSA) is 77.8 Å². The summed E-state index contributed by atoms with van der Waals surface area (Å²) in [5, 5.41) is 10.4. The van der Waals surface area contributed by atoms with Gasteiger partial charge in [-0.2, -0.15) is 0 Å². The van der Waals surface area contributed by atoms with Gasteiger partial charge in [-0.3, -0.25) is 0 Å². The molecule has 0 aliphatic heterocycles. The van der Waals surface area contributed by atoms with E-state index >= 15 is 0 Å². The maximum Gasteiger partial charge on any atom is 0.358 e. The molecule has 0 radical (unpaired) electrons. The Morgan fingerprint density at radius 2 is 1.62 bits per heavy atom. The lowest BCUT2D eigenvalue weighted by molar-refractivity contribution is 0.0512. The second kappa shape index (κ2) is 7.16. The fourth-order valence-electron chi connectivity index (χ4n) is 2.44. The first-order chi connectivity index (χ1) is 11.4. The maximum absolute atomic E-state index is 13.2. The number of carbonyl (C=O) groups excluding carboxylic acids is 2. The lowest BCUT2D eigenvalue weighted by atomic mass is 10.1. The molecule has 0 fully saturated rings. The van der Waals surface area contributed by atoms with Gasteiger partial charge in [0.1, 0.15) is 11.4 Å². The maximum atomic E-state index is 13.2. The molecule has 1 aromatic heterocycles. The van der Waals surface area contributed by atoms with Crippen molar-refractivity contribution in [3.8, 4) is 17.0 Å². The number of aromatic hydroxyl groups is 1. The highest BCUT2D eigenvalue weighted by molar-refractivity contribution is 6.05. The minimum Gasteiger partial charge on any atom is -0.505 e. The number of ether oxygens (including phenoxy) is 2. The van der Waals surface area contributed by atoms with E-state index in [1.165, 1.54) is 35.9 Å². The first-order valence-corrected chi connectivity index (χ1v) is 7.44. The molecule has 0 amide bonds. The normalized spacial score (nSPS) is 10.5. The summed E-state index contributed by atoms with van der Waals surface area (Å²) in [6.45, 7) is 3.47. The van der Waals surface area contributed by atoms with Crippen molar-refractivity contribution >= 4 is 11.9 Å². The Balaban J connectivity index is 2.71. The molecule has 1 N–H and O–H groups in total. The highest BCUT2D eigenvalue weighted by Crippen LogP contribution is 2.36. The van der Waals surface area contributed by atoms with E-state index in [-0.39, 0.29) is 30.2 Å². The van der Waals surface area contributed by atoms with Gasteiger partial charge < -0.3 is 19.1 Å². The molecule has 0 unspecified atom stereocenters. The van der Waals surface area contributed by atoms with E-state index in [0.29, 0.717) is 5.56 Å². The van der Waals surface area contributed by atoms with Crippen molar-refractivity contribution in [2.45, 2.75) is 13.8 Å². The number of esters is 2. The number of halogens is 1. The Morgan fingerprint density at radius 3 is 2.17 bits per heavy atom. The van der Waals surface area contributed by atoms with Gasteiger partial charge >= 0.3 is 11.9 Å². The number of carbonyl (C=O) groups is 2. The fraction of sp³-hybridized carbons (Fsp3) is 0.294. The minimum absolute atomic E-state index is 0.102. The predicted molar refractivity (Wildman–Crippen MR) is 84.4 cm³/mol. The smallest absolute Gasteiger partial charge is 0.358 e. The van der Waals surface area contributed by atoms with Gasteiger partial charge in [0.15, 0.2) is 11.4 Å². The van der Waals surface area contributed by atoms with Crippen molar-refractivity contribution in [1.82, 2.24) is 4.57 Å². The number of rotatable bonds is 5. The summed E-state index contributed by atoms with van der Waals surface area (Å²) in [4.78, 5) is 24.4. The van der Waals surface area contributed by atoms with Crippen LogP contribution in [-0.2, 0) is 16.5 Å². The summed E-state index contributed by atoms with van der Waals surface area (Å²) in [7, 11) is 1.51. The van der Waals surface area contributed by atoms with Crippen LogP contribution in [0.5, 0.6) is 5.75 Å². The van der Waals surface area contributed by atoms with Crippen LogP contribution in [0.15, 0.2) is 24.3 Å². The van der Waals surface area contributed by atoms with Crippen molar-refractivity contribution in [2.24, 2.45) is 7.05 Å². The van der Waals surface area contributed by atoms with E-state index in [4.69, 9.17) is 9.47 Å². The monoisotopic (exact) mass is 335 g/mol. The molecule has 0 bridgehead atoms. The van der Waals surface area contributed by atoms with E-state index in [9.17, 15) is 19.1 Å². The molecular formula is C17H18FNO5. The zero-order chi connectivity index (χ0) is 17.9. The summed E-state index contributed by atoms with van der Waals surface area (Å²) < 4.78 is 24.4. The molecule has 6 nitrogen and oxygen atoms in total. The van der Waals surface area contributed by atoms with Crippen molar-refractivity contribution in [3.05, 3.63) is 41.3 Å². The van der Waals surface area contributed by atoms with Crippen molar-refractivity contribution in [3.63, 3.8) is 0 Å². The summed E-state index contributed by atoms with van der Waals surface area (Å²) in [6.07, 6.45) is 0. The number of benzene rings is 1. The Bertz CT molecular complexity index is 764. The Labute approximate surface area is 138 Å². The van der Waals surface area contributed by atoms with E-state index in [0.717, 1.165) is 0 Å². The van der Waals surface area contributed by atoms with Gasteiger partial charge in [-0.1, -0.05) is 0 Å². The largest absolute Gasteiger partial charge is 0.505 e. The SMILES string of the molecule is CCOC(=O)c1c(O)c(C(=O)OCC)n(C)c1-c1ccc(F)cc1. The quantitative estimate of drug-likeness (QED) is 0.850. The van der Waals surface area contributed by atoms with E-state index < -0.39 is 23.5 Å². The molecule has 2 aromatic rings. The van der Waals surface area contributed by atoms with Gasteiger partial charge in [0.05, 0.1) is 18.9 Å². The van der Waals surface area contributed by atoms with Crippen LogP contribution in [0.2, 0.25) is 0 Å². The molecule has 0 saturated heterocycles. The number of hydrogen-bond donors (Lipinski definition) is 1. The third-order valence-electron chi connectivity index (χ3n) is 3.43. The summed E-state index contributed by atoms with van der Waals surface area (Å²) in [5.41, 5.74) is 0.370. The Hall–Kier alpha value is -2.83. The lowest BCUT2D eigenvalue weighted by Crippen LogP contribution is -2.10. The highest BCUT2D eigenvalue weighted by atomic mass is 19.1. The van der Waals surface area contributed by atoms with Crippen LogP contribution >= 0.6 is 0 Å². The predicted octanol–water partition coefficient (Wildman–Crippen LogP) is 2.89. The van der Waals surface area contributed by atoms with Crippen LogP contribution in [0.4, 0.5) is 4.39 Å². The van der Waals surface area contributed by atoms with Crippen LogP contribution in [0.1, 0.15) is 34.7 Å². The molecule has 0 atom stereocenters. The zero-order valence-corrected chi connectivity index (χ0v) is 13.6. The van der Waals surface area contributed by atoms with Gasteiger partial charge in [-0.25, -0.2) is 14.0 Å². The van der Waals surface area contributed by atoms with E-state index in [1.54, 1.807) is 13.8 Å². The molecule has 1 heterocycles. The third kappa shape index (κ3) is 3.10. The van der Waals surface area contributed by atoms with Crippen LogP contribution in [0.3, 0.4) is 0 Å². The van der Waals surface area contributed by atoms with Gasteiger partial charge in [0.25, 0.3) is 0 Å². The summed E-state index contributed by atoms with van der Waals surface area (Å²) in [5.74, 6) is -2.51. The Morgan fingerprint density at radius 1 is 1.08 bits per heavy atom. The molecule has 2 rings (SSSR count). The summed E-state index contributed by atoms with van der Waals surface area (Å²) >= 11 is 0. The third-order valence-corrected chi connectivity index (χ3v) is 3.43. The standard InChI is InChI=1S/C17H18FNO5/c1-4-23-16(21)12-13(10-6-8-11(18)9-7-10)19(3)14(15(12)20)17(22)24-5-2/h6-9,20H,4-5H2,1-3H3. The minimum atomic E-state index is -0.777. The van der Waals surface area contributed by atoms with Crippen LogP contribution in [0.25, 0.3) is 11.3 Å². The molecule has 24 heavy (non-hydrogen) atoms. The van der Waals surface area contributed by atoms with Gasteiger partial charge in [0, 0.05) is 7.05 Å². The first kappa shape index (κ1) is 17.5. The fourth-order valence-corrected chi connectivity index (χ4v) is 2.44. The van der Waals surface area contributed by atoms with Gasteiger partial charge in [-0.15, -0.1) is 0 Å². The number of nitrogens with zero attached hydrogens (tertiary/aromatic N) is 1. The molecular weight excluding hydrogens is 317 g/mol. The van der Waals surface area contributed by atoms with Crippen LogP contribution < -0.4 is 0 Å². The van der Waals surface area contributed by atoms with E-state index in [1.807, 2.05) is 0 Å². The zero-order valence-electron chi connectivity index (χ0n) is 13.6. The average Bonchev–Trinajstić information content (AvgIpc) is 2.79. The van der Waals surface area contributed by atoms with Crippen LogP contribution in [0, 0.1) is 5.82 Å². The van der Waals surface area contributed by atoms with Crippen LogP contribution in [-0.4, -0.2) is 34.8 Å². The van der Waals surface area contributed by atoms with Gasteiger partial charge in [0.2, 0.25) is 0 Å².